The Bertz CT molecular complexity index is 780. The van der Waals surface area contributed by atoms with Gasteiger partial charge < -0.3 is 14.4 Å². The van der Waals surface area contributed by atoms with Gasteiger partial charge in [0.2, 0.25) is 0 Å². The van der Waals surface area contributed by atoms with Crippen LogP contribution in [0.1, 0.15) is 21.5 Å². The van der Waals surface area contributed by atoms with Crippen molar-refractivity contribution in [3.8, 4) is 5.75 Å². The van der Waals surface area contributed by atoms with Crippen LogP contribution in [-0.4, -0.2) is 39.2 Å². The molecule has 26 heavy (non-hydrogen) atoms. The first-order valence-electron chi connectivity index (χ1n) is 8.72. The maximum Gasteiger partial charge on any atom is 0.185 e. The molecule has 4 nitrogen and oxygen atoms in total. The van der Waals surface area contributed by atoms with Crippen molar-refractivity contribution >= 4 is 11.9 Å². The third-order valence-electron chi connectivity index (χ3n) is 4.50. The van der Waals surface area contributed by atoms with E-state index in [1.165, 1.54) is 23.1 Å². The molecule has 1 saturated heterocycles. The predicted molar refractivity (Wildman–Crippen MR) is 98.0 cm³/mol. The fraction of sp³-hybridized carbons (Fsp3) is 0.286. The smallest absolute Gasteiger partial charge is 0.185 e. The molecule has 2 aromatic carbocycles. The largest absolute Gasteiger partial charge is 0.496 e. The summed E-state index contributed by atoms with van der Waals surface area (Å²) in [5.41, 5.74) is 2.42. The van der Waals surface area contributed by atoms with Crippen LogP contribution < -0.4 is 9.64 Å². The maximum absolute atomic E-state index is 12.9. The van der Waals surface area contributed by atoms with Gasteiger partial charge in [-0.3, -0.25) is 4.79 Å². The van der Waals surface area contributed by atoms with Gasteiger partial charge in [0, 0.05) is 11.1 Å². The van der Waals surface area contributed by atoms with E-state index < -0.39 is 0 Å². The summed E-state index contributed by atoms with van der Waals surface area (Å²) in [6.45, 7) is 4.22. The molecule has 1 aliphatic heterocycles. The number of benzene rings is 2. The monoisotopic (exact) mass is 356 g/mol. The molecule has 0 unspecified atom stereocenters. The van der Waals surface area contributed by atoms with Crippen molar-refractivity contribution in [3.05, 3.63) is 71.0 Å². The Labute approximate surface area is 152 Å². The molecule has 5 heteroatoms. The average Bonchev–Trinajstić information content (AvgIpc) is 2.68. The van der Waals surface area contributed by atoms with Crippen molar-refractivity contribution in [2.45, 2.75) is 6.54 Å². The summed E-state index contributed by atoms with van der Waals surface area (Å²) in [5, 5.41) is 0. The molecule has 1 aliphatic rings. The first-order valence-corrected chi connectivity index (χ1v) is 8.72. The third-order valence-corrected chi connectivity index (χ3v) is 4.50. The van der Waals surface area contributed by atoms with Gasteiger partial charge in [-0.05, 0) is 42.0 Å². The molecule has 2 aromatic rings. The van der Waals surface area contributed by atoms with Crippen molar-refractivity contribution in [1.82, 2.24) is 0 Å². The Morgan fingerprint density at radius 1 is 1.19 bits per heavy atom. The number of carbonyl (C=O) groups excluding carboxylic acids is 1. The maximum atomic E-state index is 12.9. The van der Waals surface area contributed by atoms with Crippen molar-refractivity contribution in [2.75, 3.05) is 33.4 Å². The number of ether oxygens (including phenoxy) is 2. The Morgan fingerprint density at radius 3 is 2.62 bits per heavy atom. The lowest BCUT2D eigenvalue weighted by atomic mass is 10.0. The van der Waals surface area contributed by atoms with Crippen LogP contribution in [0.4, 0.5) is 4.39 Å². The number of halogens is 1. The molecule has 1 fully saturated rings. The minimum Gasteiger partial charge on any atom is -0.496 e. The molecule has 0 atom stereocenters. The molecule has 3 rings (SSSR count). The van der Waals surface area contributed by atoms with Crippen LogP contribution in [0.2, 0.25) is 0 Å². The number of carbonyl (C=O) groups is 1. The number of hydrogen-bond acceptors (Lipinski definition) is 3. The van der Waals surface area contributed by atoms with E-state index in [0.717, 1.165) is 49.7 Å². The number of rotatable bonds is 6. The molecule has 0 aliphatic carbocycles. The van der Waals surface area contributed by atoms with Gasteiger partial charge in [-0.15, -0.1) is 0 Å². The van der Waals surface area contributed by atoms with E-state index >= 15 is 0 Å². The number of hydrogen-bond donors (Lipinski definition) is 1. The van der Waals surface area contributed by atoms with Crippen molar-refractivity contribution in [1.29, 1.82) is 0 Å². The van der Waals surface area contributed by atoms with Crippen LogP contribution in [0.15, 0.2) is 48.5 Å². The molecule has 0 bridgehead atoms. The molecule has 0 radical (unpaired) electrons. The molecule has 0 saturated carbocycles. The summed E-state index contributed by atoms with van der Waals surface area (Å²) in [6.07, 6.45) is 3.21. The Morgan fingerprint density at radius 2 is 1.92 bits per heavy atom. The highest BCUT2D eigenvalue weighted by atomic mass is 19.1. The average molecular weight is 356 g/mol. The van der Waals surface area contributed by atoms with Crippen LogP contribution >= 0.6 is 0 Å². The number of quaternary nitrogens is 1. The standard InChI is InChI=1S/C21H22FNO3/c1-25-21-9-5-17(14-18(21)15-23-10-12-26-13-11-23)20(24)8-4-16-2-6-19(22)7-3-16/h2-9,14H,10-13,15H2,1H3/p+1/b8-4+. The molecule has 0 spiro atoms. The van der Waals surface area contributed by atoms with Crippen LogP contribution in [0, 0.1) is 5.82 Å². The normalized spacial score (nSPS) is 15.3. The van der Waals surface area contributed by atoms with Gasteiger partial charge in [0.1, 0.15) is 31.2 Å². The van der Waals surface area contributed by atoms with Gasteiger partial charge in [-0.25, -0.2) is 4.39 Å². The van der Waals surface area contributed by atoms with E-state index in [1.54, 1.807) is 31.4 Å². The van der Waals surface area contributed by atoms with Crippen LogP contribution in [0.25, 0.3) is 6.08 Å². The van der Waals surface area contributed by atoms with Gasteiger partial charge in [-0.1, -0.05) is 18.2 Å². The highest BCUT2D eigenvalue weighted by molar-refractivity contribution is 6.07. The SMILES string of the molecule is COc1ccc(C(=O)/C=C/c2ccc(F)cc2)cc1C[NH+]1CCOCC1. The van der Waals surface area contributed by atoms with E-state index in [2.05, 4.69) is 0 Å². The Kier molecular flexibility index (Phi) is 6.15. The van der Waals surface area contributed by atoms with Gasteiger partial charge in [-0.2, -0.15) is 0 Å². The summed E-state index contributed by atoms with van der Waals surface area (Å²) in [5.74, 6) is 0.414. The topological polar surface area (TPSA) is 40.0 Å². The van der Waals surface area contributed by atoms with Crippen molar-refractivity contribution in [2.24, 2.45) is 0 Å². The molecule has 136 valence electrons. The summed E-state index contributed by atoms with van der Waals surface area (Å²) in [7, 11) is 1.64. The fourth-order valence-electron chi connectivity index (χ4n) is 3.02. The number of nitrogens with one attached hydrogen (secondary N) is 1. The molecule has 0 aromatic heterocycles. The fourth-order valence-corrected chi connectivity index (χ4v) is 3.02. The summed E-state index contributed by atoms with van der Waals surface area (Å²) in [6, 6.07) is 11.5. The zero-order valence-electron chi connectivity index (χ0n) is 14.8. The molecule has 1 heterocycles. The lowest BCUT2D eigenvalue weighted by Crippen LogP contribution is -3.12. The minimum absolute atomic E-state index is 0.0878. The van der Waals surface area contributed by atoms with E-state index in [9.17, 15) is 9.18 Å². The Hall–Kier alpha value is -2.50. The lowest BCUT2D eigenvalue weighted by molar-refractivity contribution is -0.921. The lowest BCUT2D eigenvalue weighted by Gasteiger charge is -2.24. The first kappa shape index (κ1) is 18.3. The summed E-state index contributed by atoms with van der Waals surface area (Å²) >= 11 is 0. The number of methoxy groups -OCH3 is 1. The quantitative estimate of drug-likeness (QED) is 0.637. The number of ketones is 1. The first-order chi connectivity index (χ1) is 12.7. The minimum atomic E-state index is -0.293. The van der Waals surface area contributed by atoms with Crippen LogP contribution in [0.3, 0.4) is 0 Å². The third kappa shape index (κ3) is 4.77. The van der Waals surface area contributed by atoms with E-state index in [-0.39, 0.29) is 11.6 Å². The molecular weight excluding hydrogens is 333 g/mol. The van der Waals surface area contributed by atoms with Gasteiger partial charge in [0.05, 0.1) is 20.3 Å². The zero-order chi connectivity index (χ0) is 18.4. The highest BCUT2D eigenvalue weighted by Crippen LogP contribution is 2.20. The number of allylic oxidation sites excluding steroid dienone is 1. The number of morpholine rings is 1. The Balaban J connectivity index is 1.75. The second kappa shape index (κ2) is 8.74. The van der Waals surface area contributed by atoms with Crippen LogP contribution in [-0.2, 0) is 11.3 Å². The van der Waals surface area contributed by atoms with E-state index in [4.69, 9.17) is 9.47 Å². The van der Waals surface area contributed by atoms with E-state index in [1.807, 2.05) is 12.1 Å². The van der Waals surface area contributed by atoms with Gasteiger partial charge >= 0.3 is 0 Å². The van der Waals surface area contributed by atoms with Gasteiger partial charge in [0.25, 0.3) is 0 Å². The predicted octanol–water partition coefficient (Wildman–Crippen LogP) is 2.15. The molecular formula is C21H23FNO3+. The van der Waals surface area contributed by atoms with Crippen LogP contribution in [0.5, 0.6) is 5.75 Å². The van der Waals surface area contributed by atoms with Gasteiger partial charge in [0.15, 0.2) is 5.78 Å². The molecule has 0 amide bonds. The van der Waals surface area contributed by atoms with E-state index in [0.29, 0.717) is 5.56 Å². The second-order valence-electron chi connectivity index (χ2n) is 6.31. The zero-order valence-corrected chi connectivity index (χ0v) is 14.8. The van der Waals surface area contributed by atoms with Crippen molar-refractivity contribution < 1.29 is 23.6 Å². The second-order valence-corrected chi connectivity index (χ2v) is 6.31. The molecule has 1 N–H and O–H groups in total. The van der Waals surface area contributed by atoms with Crippen molar-refractivity contribution in [3.63, 3.8) is 0 Å². The summed E-state index contributed by atoms with van der Waals surface area (Å²) in [4.78, 5) is 13.9. The highest BCUT2D eigenvalue weighted by Gasteiger charge is 2.17. The summed E-state index contributed by atoms with van der Waals surface area (Å²) < 4.78 is 23.8.